The number of hydrogen-bond donors (Lipinski definition) is 1. The molecule has 0 aliphatic heterocycles. The van der Waals surface area contributed by atoms with Gasteiger partial charge in [0.1, 0.15) is 0 Å². The van der Waals surface area contributed by atoms with Crippen LogP contribution >= 0.6 is 23.1 Å². The van der Waals surface area contributed by atoms with Crippen LogP contribution in [0.5, 0.6) is 0 Å². The highest BCUT2D eigenvalue weighted by Crippen LogP contribution is 2.26. The van der Waals surface area contributed by atoms with Gasteiger partial charge in [-0.15, -0.1) is 26.6 Å². The Labute approximate surface area is 198 Å². The Morgan fingerprint density at radius 1 is 1.09 bits per heavy atom. The van der Waals surface area contributed by atoms with Crippen molar-refractivity contribution in [3.8, 4) is 16.4 Å². The summed E-state index contributed by atoms with van der Waals surface area (Å²) in [6, 6.07) is 19.0. The van der Waals surface area contributed by atoms with Gasteiger partial charge in [-0.3, -0.25) is 9.20 Å². The van der Waals surface area contributed by atoms with Gasteiger partial charge >= 0.3 is 0 Å². The Bertz CT molecular complexity index is 1360. The summed E-state index contributed by atoms with van der Waals surface area (Å²) in [5.74, 6) is 1.95. The zero-order valence-corrected chi connectivity index (χ0v) is 19.5. The van der Waals surface area contributed by atoms with E-state index < -0.39 is 0 Å². The predicted molar refractivity (Wildman–Crippen MR) is 131 cm³/mol. The fraction of sp³-hybridized carbons (Fsp3) is 0.174. The number of carbonyl (C=O) groups is 1. The van der Waals surface area contributed by atoms with Gasteiger partial charge in [0.25, 0.3) is 5.91 Å². The Balaban J connectivity index is 1.49. The fourth-order valence-corrected chi connectivity index (χ4v) is 4.71. The molecular formula is C23H21N7OS2. The lowest BCUT2D eigenvalue weighted by Gasteiger charge is -2.16. The van der Waals surface area contributed by atoms with Crippen LogP contribution in [0.25, 0.3) is 22.0 Å². The average Bonchev–Trinajstić information content (AvgIpc) is 3.61. The van der Waals surface area contributed by atoms with E-state index in [4.69, 9.17) is 0 Å². The third kappa shape index (κ3) is 4.39. The molecule has 1 aromatic carbocycles. The van der Waals surface area contributed by atoms with Crippen LogP contribution in [0, 0.1) is 0 Å². The van der Waals surface area contributed by atoms with Gasteiger partial charge in [-0.25, -0.2) is 9.67 Å². The minimum absolute atomic E-state index is 0.116. The van der Waals surface area contributed by atoms with Crippen molar-refractivity contribution in [3.05, 3.63) is 83.9 Å². The molecule has 0 bridgehead atoms. The van der Waals surface area contributed by atoms with Crippen LogP contribution in [0.2, 0.25) is 0 Å². The molecule has 1 amide bonds. The molecule has 1 N–H and O–H groups in total. The molecule has 0 saturated carbocycles. The number of aromatic nitrogens is 6. The van der Waals surface area contributed by atoms with Crippen LogP contribution in [0.15, 0.2) is 72.2 Å². The number of fused-ring (bicyclic) bond motifs is 1. The Kier molecular flexibility index (Phi) is 6.18. The number of para-hydroxylation sites is 1. The molecule has 0 saturated heterocycles. The molecule has 0 radical (unpaired) electrons. The van der Waals surface area contributed by atoms with Gasteiger partial charge in [0.15, 0.2) is 17.3 Å². The number of carbonyl (C=O) groups excluding carboxylic acids is 1. The first-order valence-corrected chi connectivity index (χ1v) is 12.7. The molecule has 10 heteroatoms. The quantitative estimate of drug-likeness (QED) is 0.361. The van der Waals surface area contributed by atoms with E-state index in [0.717, 1.165) is 22.0 Å². The second-order valence-corrected chi connectivity index (χ2v) is 9.21. The summed E-state index contributed by atoms with van der Waals surface area (Å²) in [5, 5.41) is 18.2. The van der Waals surface area contributed by atoms with E-state index in [1.165, 1.54) is 0 Å². The van der Waals surface area contributed by atoms with Gasteiger partial charge in [-0.05, 0) is 54.1 Å². The SMILES string of the molecule is CSCCC(NC(=O)c1nc(-c2cccs2)n(-c2ccccc2)n1)c1nnc2ccccn12. The first-order chi connectivity index (χ1) is 16.2. The lowest BCUT2D eigenvalue weighted by Crippen LogP contribution is -2.31. The van der Waals surface area contributed by atoms with E-state index in [1.54, 1.807) is 27.8 Å². The van der Waals surface area contributed by atoms with Crippen LogP contribution in [-0.2, 0) is 0 Å². The number of rotatable bonds is 8. The molecule has 4 aromatic heterocycles. The molecule has 1 unspecified atom stereocenters. The second-order valence-electron chi connectivity index (χ2n) is 7.28. The highest BCUT2D eigenvalue weighted by Gasteiger charge is 2.25. The highest BCUT2D eigenvalue weighted by molar-refractivity contribution is 7.98. The van der Waals surface area contributed by atoms with Gasteiger partial charge in [-0.1, -0.05) is 30.3 Å². The van der Waals surface area contributed by atoms with Crippen LogP contribution in [0.1, 0.15) is 28.9 Å². The Morgan fingerprint density at radius 3 is 2.73 bits per heavy atom. The molecule has 0 spiro atoms. The number of pyridine rings is 1. The summed E-state index contributed by atoms with van der Waals surface area (Å²) in [7, 11) is 0. The molecule has 0 aliphatic rings. The summed E-state index contributed by atoms with van der Waals surface area (Å²) in [6.07, 6.45) is 4.65. The van der Waals surface area contributed by atoms with Crippen molar-refractivity contribution in [3.63, 3.8) is 0 Å². The van der Waals surface area contributed by atoms with E-state index in [2.05, 4.69) is 25.6 Å². The number of hydrogen-bond acceptors (Lipinski definition) is 7. The zero-order valence-electron chi connectivity index (χ0n) is 17.8. The zero-order chi connectivity index (χ0) is 22.6. The Hall–Kier alpha value is -3.50. The highest BCUT2D eigenvalue weighted by atomic mass is 32.2. The van der Waals surface area contributed by atoms with E-state index in [1.807, 2.05) is 82.9 Å². The van der Waals surface area contributed by atoms with Crippen molar-refractivity contribution in [2.24, 2.45) is 0 Å². The third-order valence-corrected chi connectivity index (χ3v) is 6.63. The maximum absolute atomic E-state index is 13.3. The lowest BCUT2D eigenvalue weighted by molar-refractivity contribution is 0.0923. The molecule has 0 aliphatic carbocycles. The average molecular weight is 476 g/mol. The number of thiophene rings is 1. The molecule has 166 valence electrons. The van der Waals surface area contributed by atoms with E-state index >= 15 is 0 Å². The van der Waals surface area contributed by atoms with Crippen molar-refractivity contribution in [1.29, 1.82) is 0 Å². The summed E-state index contributed by atoms with van der Waals surface area (Å²) in [5.41, 5.74) is 1.58. The standard InChI is InChI=1S/C23H21N7OS2/c1-32-15-12-17(21-27-26-19-11-5-6-13-29(19)21)24-23(31)20-25-22(18-10-7-14-33-18)30(28-20)16-8-3-2-4-9-16/h2-11,13-14,17H,12,15H2,1H3,(H,24,31). The molecule has 1 atom stereocenters. The van der Waals surface area contributed by atoms with Crippen LogP contribution < -0.4 is 5.32 Å². The topological polar surface area (TPSA) is 90.0 Å². The van der Waals surface area contributed by atoms with Gasteiger partial charge in [-0.2, -0.15) is 11.8 Å². The van der Waals surface area contributed by atoms with Crippen LogP contribution in [0.3, 0.4) is 0 Å². The maximum atomic E-state index is 13.3. The molecular weight excluding hydrogens is 454 g/mol. The summed E-state index contributed by atoms with van der Waals surface area (Å²) in [4.78, 5) is 18.9. The molecule has 5 aromatic rings. The monoisotopic (exact) mass is 475 g/mol. The van der Waals surface area contributed by atoms with Gasteiger partial charge in [0.2, 0.25) is 5.82 Å². The fourth-order valence-electron chi connectivity index (χ4n) is 3.54. The van der Waals surface area contributed by atoms with Gasteiger partial charge < -0.3 is 5.32 Å². The molecule has 33 heavy (non-hydrogen) atoms. The largest absolute Gasteiger partial charge is 0.339 e. The molecule has 4 heterocycles. The Morgan fingerprint density at radius 2 is 1.94 bits per heavy atom. The predicted octanol–water partition coefficient (Wildman–Crippen LogP) is 4.26. The smallest absolute Gasteiger partial charge is 0.291 e. The number of nitrogens with one attached hydrogen (secondary N) is 1. The van der Waals surface area contributed by atoms with Crippen LogP contribution in [0.4, 0.5) is 0 Å². The lowest BCUT2D eigenvalue weighted by atomic mass is 10.2. The van der Waals surface area contributed by atoms with Crippen molar-refractivity contribution < 1.29 is 4.79 Å². The first-order valence-electron chi connectivity index (χ1n) is 10.4. The van der Waals surface area contributed by atoms with Gasteiger partial charge in [0, 0.05) is 6.20 Å². The number of nitrogens with zero attached hydrogens (tertiary/aromatic N) is 6. The van der Waals surface area contributed by atoms with E-state index in [9.17, 15) is 4.79 Å². The van der Waals surface area contributed by atoms with Crippen molar-refractivity contribution in [1.82, 2.24) is 34.7 Å². The molecule has 5 rings (SSSR count). The minimum Gasteiger partial charge on any atom is -0.339 e. The van der Waals surface area contributed by atoms with Crippen LogP contribution in [-0.4, -0.2) is 47.3 Å². The van der Waals surface area contributed by atoms with E-state index in [0.29, 0.717) is 18.1 Å². The minimum atomic E-state index is -0.346. The second kappa shape index (κ2) is 9.55. The summed E-state index contributed by atoms with van der Waals surface area (Å²) >= 11 is 3.27. The number of amides is 1. The first kappa shape index (κ1) is 21.4. The van der Waals surface area contributed by atoms with Gasteiger partial charge in [0.05, 0.1) is 16.6 Å². The third-order valence-electron chi connectivity index (χ3n) is 5.12. The molecule has 0 fully saturated rings. The van der Waals surface area contributed by atoms with E-state index in [-0.39, 0.29) is 17.8 Å². The van der Waals surface area contributed by atoms with Crippen molar-refractivity contribution in [2.45, 2.75) is 12.5 Å². The normalized spacial score (nSPS) is 12.2. The van der Waals surface area contributed by atoms with Crippen molar-refractivity contribution in [2.75, 3.05) is 12.0 Å². The number of benzene rings is 1. The summed E-state index contributed by atoms with van der Waals surface area (Å²) < 4.78 is 3.61. The summed E-state index contributed by atoms with van der Waals surface area (Å²) in [6.45, 7) is 0. The number of thioether (sulfide) groups is 1. The molecule has 8 nitrogen and oxygen atoms in total. The maximum Gasteiger partial charge on any atom is 0.291 e. The van der Waals surface area contributed by atoms with Crippen molar-refractivity contribution >= 4 is 34.7 Å².